The van der Waals surface area contributed by atoms with Gasteiger partial charge in [-0.05, 0) is 11.8 Å². The number of nitrogens with zero attached hydrogens (tertiary/aromatic N) is 1. The summed E-state index contributed by atoms with van der Waals surface area (Å²) in [5, 5.41) is -0.194. The largest absolute Gasteiger partial charge is 0.379 e. The summed E-state index contributed by atoms with van der Waals surface area (Å²) in [6.07, 6.45) is 0.764. The number of halogens is 1. The maximum atomic E-state index is 12.0. The molecule has 7 heteroatoms. The van der Waals surface area contributed by atoms with Gasteiger partial charge in [0.05, 0.1) is 13.2 Å². The summed E-state index contributed by atoms with van der Waals surface area (Å²) >= 11 is 6.14. The summed E-state index contributed by atoms with van der Waals surface area (Å²) in [5.41, 5.74) is 0.0941. The number of morpholine rings is 1. The van der Waals surface area contributed by atoms with E-state index < -0.39 is 10.2 Å². The first-order valence-electron chi connectivity index (χ1n) is 6.17. The van der Waals surface area contributed by atoms with Crippen molar-refractivity contribution in [2.75, 3.05) is 32.8 Å². The van der Waals surface area contributed by atoms with Crippen LogP contribution >= 0.6 is 11.6 Å². The Kier molecular flexibility index (Phi) is 5.86. The van der Waals surface area contributed by atoms with Crippen LogP contribution in [0.4, 0.5) is 0 Å². The van der Waals surface area contributed by atoms with Crippen molar-refractivity contribution < 1.29 is 13.2 Å². The Bertz CT molecular complexity index is 348. The molecule has 1 unspecified atom stereocenters. The molecule has 1 saturated heterocycles. The van der Waals surface area contributed by atoms with Crippen molar-refractivity contribution in [1.29, 1.82) is 0 Å². The molecule has 0 aromatic heterocycles. The van der Waals surface area contributed by atoms with Crippen molar-refractivity contribution in [3.05, 3.63) is 0 Å². The minimum atomic E-state index is -3.42. The predicted octanol–water partition coefficient (Wildman–Crippen LogP) is 1.20. The molecule has 1 fully saturated rings. The summed E-state index contributed by atoms with van der Waals surface area (Å²) in [7, 11) is -3.42. The number of nitrogens with one attached hydrogen (secondary N) is 1. The van der Waals surface area contributed by atoms with Crippen LogP contribution in [0.15, 0.2) is 0 Å². The Labute approximate surface area is 115 Å². The molecule has 1 rings (SSSR count). The van der Waals surface area contributed by atoms with Gasteiger partial charge in [-0.1, -0.05) is 20.8 Å². The molecule has 18 heavy (non-hydrogen) atoms. The Hall–Kier alpha value is 0.120. The van der Waals surface area contributed by atoms with E-state index in [9.17, 15) is 8.42 Å². The Morgan fingerprint density at radius 3 is 2.39 bits per heavy atom. The molecule has 0 aliphatic carbocycles. The number of alkyl halides is 1. The van der Waals surface area contributed by atoms with Crippen molar-refractivity contribution in [3.63, 3.8) is 0 Å². The highest BCUT2D eigenvalue weighted by molar-refractivity contribution is 7.87. The number of hydrogen-bond donors (Lipinski definition) is 1. The fourth-order valence-corrected chi connectivity index (χ4v) is 3.67. The Morgan fingerprint density at radius 2 is 1.89 bits per heavy atom. The van der Waals surface area contributed by atoms with Gasteiger partial charge in [-0.2, -0.15) is 12.7 Å². The van der Waals surface area contributed by atoms with E-state index in [1.54, 1.807) is 0 Å². The highest BCUT2D eigenvalue weighted by Crippen LogP contribution is 2.23. The molecular weight excluding hydrogens is 276 g/mol. The summed E-state index contributed by atoms with van der Waals surface area (Å²) in [6, 6.07) is 0. The van der Waals surface area contributed by atoms with Crippen LogP contribution < -0.4 is 4.72 Å². The molecule has 1 atom stereocenters. The van der Waals surface area contributed by atoms with E-state index in [1.807, 2.05) is 0 Å². The molecule has 5 nitrogen and oxygen atoms in total. The van der Waals surface area contributed by atoms with Gasteiger partial charge >= 0.3 is 0 Å². The van der Waals surface area contributed by atoms with Gasteiger partial charge in [0.25, 0.3) is 10.2 Å². The second kappa shape index (κ2) is 6.52. The molecular formula is C11H23ClN2O3S. The molecule has 0 amide bonds. The monoisotopic (exact) mass is 298 g/mol. The maximum Gasteiger partial charge on any atom is 0.279 e. The lowest BCUT2D eigenvalue weighted by Gasteiger charge is -2.27. The van der Waals surface area contributed by atoms with Gasteiger partial charge in [-0.3, -0.25) is 0 Å². The molecule has 1 N–H and O–H groups in total. The van der Waals surface area contributed by atoms with Gasteiger partial charge in [0.1, 0.15) is 0 Å². The molecule has 0 spiro atoms. The third kappa shape index (κ3) is 5.84. The fourth-order valence-electron chi connectivity index (χ4n) is 1.81. The summed E-state index contributed by atoms with van der Waals surface area (Å²) in [6.45, 7) is 8.22. The van der Waals surface area contributed by atoms with Crippen LogP contribution in [0.3, 0.4) is 0 Å². The third-order valence-corrected chi connectivity index (χ3v) is 4.52. The lowest BCUT2D eigenvalue weighted by molar-refractivity contribution is 0.0725. The van der Waals surface area contributed by atoms with E-state index in [0.29, 0.717) is 26.3 Å². The topological polar surface area (TPSA) is 58.6 Å². The minimum absolute atomic E-state index is 0.0941. The quantitative estimate of drug-likeness (QED) is 0.776. The molecule has 0 saturated carbocycles. The molecule has 108 valence electrons. The van der Waals surface area contributed by atoms with Crippen LogP contribution in [0.5, 0.6) is 0 Å². The van der Waals surface area contributed by atoms with Crippen LogP contribution in [0.1, 0.15) is 27.2 Å². The van der Waals surface area contributed by atoms with E-state index in [0.717, 1.165) is 6.42 Å². The molecule has 1 aliphatic rings. The molecule has 1 aliphatic heterocycles. The van der Waals surface area contributed by atoms with Crippen LogP contribution in [-0.2, 0) is 14.9 Å². The van der Waals surface area contributed by atoms with Gasteiger partial charge in [-0.15, -0.1) is 11.6 Å². The first kappa shape index (κ1) is 16.2. The molecule has 0 bridgehead atoms. The van der Waals surface area contributed by atoms with E-state index in [4.69, 9.17) is 16.3 Å². The molecule has 1 heterocycles. The Balaban J connectivity index is 2.41. The average molecular weight is 299 g/mol. The van der Waals surface area contributed by atoms with Crippen molar-refractivity contribution in [2.45, 2.75) is 32.6 Å². The zero-order valence-corrected chi connectivity index (χ0v) is 12.9. The minimum Gasteiger partial charge on any atom is -0.379 e. The van der Waals surface area contributed by atoms with Crippen LogP contribution in [0, 0.1) is 5.41 Å². The van der Waals surface area contributed by atoms with Crippen molar-refractivity contribution in [1.82, 2.24) is 9.03 Å². The van der Waals surface area contributed by atoms with Gasteiger partial charge < -0.3 is 4.74 Å². The second-order valence-corrected chi connectivity index (χ2v) is 8.10. The summed E-state index contributed by atoms with van der Waals surface area (Å²) in [4.78, 5) is 0. The lowest BCUT2D eigenvalue weighted by Crippen LogP contribution is -2.48. The molecule has 0 aromatic carbocycles. The fraction of sp³-hybridized carbons (Fsp3) is 1.00. The zero-order valence-electron chi connectivity index (χ0n) is 11.3. The van der Waals surface area contributed by atoms with Gasteiger partial charge in [-0.25, -0.2) is 4.72 Å². The van der Waals surface area contributed by atoms with E-state index in [1.165, 1.54) is 4.31 Å². The van der Waals surface area contributed by atoms with Crippen molar-refractivity contribution in [3.8, 4) is 0 Å². The van der Waals surface area contributed by atoms with Gasteiger partial charge in [0, 0.05) is 25.0 Å². The normalized spacial score (nSPS) is 20.9. The lowest BCUT2D eigenvalue weighted by atomic mass is 9.90. The van der Waals surface area contributed by atoms with E-state index in [2.05, 4.69) is 25.5 Å². The van der Waals surface area contributed by atoms with Gasteiger partial charge in [0.2, 0.25) is 0 Å². The number of rotatable bonds is 5. The third-order valence-electron chi connectivity index (χ3n) is 2.63. The van der Waals surface area contributed by atoms with Crippen LogP contribution in [-0.4, -0.2) is 50.9 Å². The second-order valence-electron chi connectivity index (χ2n) is 5.73. The summed E-state index contributed by atoms with van der Waals surface area (Å²) in [5.74, 6) is 0. The first-order chi connectivity index (χ1) is 8.21. The van der Waals surface area contributed by atoms with Crippen molar-refractivity contribution >= 4 is 21.8 Å². The number of ether oxygens (including phenoxy) is 1. The zero-order chi connectivity index (χ0) is 13.8. The predicted molar refractivity (Wildman–Crippen MR) is 73.0 cm³/mol. The van der Waals surface area contributed by atoms with Crippen LogP contribution in [0.2, 0.25) is 0 Å². The van der Waals surface area contributed by atoms with Gasteiger partial charge in [0.15, 0.2) is 0 Å². The first-order valence-corrected chi connectivity index (χ1v) is 8.05. The molecule has 0 aromatic rings. The summed E-state index contributed by atoms with van der Waals surface area (Å²) < 4.78 is 33.0. The SMILES string of the molecule is CC(C)(C)CC(Cl)CNS(=O)(=O)N1CCOCC1. The number of hydrogen-bond acceptors (Lipinski definition) is 3. The highest BCUT2D eigenvalue weighted by atomic mass is 35.5. The smallest absolute Gasteiger partial charge is 0.279 e. The maximum absolute atomic E-state index is 12.0. The van der Waals surface area contributed by atoms with E-state index in [-0.39, 0.29) is 17.3 Å². The molecule has 0 radical (unpaired) electrons. The van der Waals surface area contributed by atoms with Crippen LogP contribution in [0.25, 0.3) is 0 Å². The average Bonchev–Trinajstić information content (AvgIpc) is 2.26. The highest BCUT2D eigenvalue weighted by Gasteiger charge is 2.25. The standard InChI is InChI=1S/C11H23ClN2O3S/c1-11(2,3)8-10(12)9-13-18(15,16)14-4-6-17-7-5-14/h10,13H,4-9H2,1-3H3. The van der Waals surface area contributed by atoms with Crippen molar-refractivity contribution in [2.24, 2.45) is 5.41 Å². The Morgan fingerprint density at radius 1 is 1.33 bits per heavy atom. The van der Waals surface area contributed by atoms with E-state index >= 15 is 0 Å².